The summed E-state index contributed by atoms with van der Waals surface area (Å²) in [4.78, 5) is 4.63. The van der Waals surface area contributed by atoms with Gasteiger partial charge in [-0.3, -0.25) is 0 Å². The Morgan fingerprint density at radius 2 is 2.04 bits per heavy atom. The van der Waals surface area contributed by atoms with Crippen LogP contribution in [0.15, 0.2) is 29.3 Å². The van der Waals surface area contributed by atoms with E-state index >= 15 is 0 Å². The molecule has 1 fully saturated rings. The molecule has 1 aromatic carbocycles. The van der Waals surface area contributed by atoms with E-state index in [2.05, 4.69) is 28.6 Å². The molecule has 2 rings (SSSR count). The lowest BCUT2D eigenvalue weighted by Gasteiger charge is -2.12. The number of benzene rings is 1. The molecule has 128 valence electrons. The van der Waals surface area contributed by atoms with Gasteiger partial charge in [-0.25, -0.2) is 4.99 Å². The molecule has 1 aromatic rings. The highest BCUT2D eigenvalue weighted by atomic mass is 16.5. The summed E-state index contributed by atoms with van der Waals surface area (Å²) in [6.07, 6.45) is 2.66. The molecule has 1 saturated carbocycles. The number of aliphatic imine (C=N–C) groups is 1. The first kappa shape index (κ1) is 17.6. The quantitative estimate of drug-likeness (QED) is 0.395. The molecule has 0 radical (unpaired) electrons. The normalized spacial score (nSPS) is 14.6. The summed E-state index contributed by atoms with van der Waals surface area (Å²) in [7, 11) is 0. The third kappa shape index (κ3) is 6.91. The van der Waals surface area contributed by atoms with E-state index in [4.69, 9.17) is 9.47 Å². The third-order valence-corrected chi connectivity index (χ3v) is 3.61. The van der Waals surface area contributed by atoms with Crippen LogP contribution in [-0.4, -0.2) is 38.9 Å². The van der Waals surface area contributed by atoms with Crippen molar-refractivity contribution in [2.75, 3.05) is 32.9 Å². The van der Waals surface area contributed by atoms with E-state index in [1.54, 1.807) is 0 Å². The number of nitrogens with zero attached hydrogens (tertiary/aromatic N) is 1. The number of hydrogen-bond donors (Lipinski definition) is 2. The summed E-state index contributed by atoms with van der Waals surface area (Å²) < 4.78 is 11.3. The van der Waals surface area contributed by atoms with Crippen LogP contribution in [0.4, 0.5) is 0 Å². The minimum atomic E-state index is 0.592. The lowest BCUT2D eigenvalue weighted by molar-refractivity contribution is 0.129. The Kier molecular flexibility index (Phi) is 7.73. The van der Waals surface area contributed by atoms with Crippen molar-refractivity contribution >= 4 is 5.96 Å². The maximum Gasteiger partial charge on any atom is 0.191 e. The van der Waals surface area contributed by atoms with Crippen molar-refractivity contribution in [2.24, 2.45) is 10.9 Å². The summed E-state index contributed by atoms with van der Waals surface area (Å²) in [5.74, 6) is 2.53. The van der Waals surface area contributed by atoms with E-state index < -0.39 is 0 Å². The van der Waals surface area contributed by atoms with Crippen LogP contribution in [0, 0.1) is 5.92 Å². The van der Waals surface area contributed by atoms with E-state index in [-0.39, 0.29) is 0 Å². The van der Waals surface area contributed by atoms with Gasteiger partial charge >= 0.3 is 0 Å². The van der Waals surface area contributed by atoms with Crippen molar-refractivity contribution in [1.82, 2.24) is 10.6 Å². The monoisotopic (exact) mass is 319 g/mol. The molecule has 5 nitrogen and oxygen atoms in total. The molecule has 0 unspecified atom stereocenters. The zero-order chi connectivity index (χ0) is 16.3. The van der Waals surface area contributed by atoms with Gasteiger partial charge in [0.1, 0.15) is 5.75 Å². The number of para-hydroxylation sites is 1. The predicted molar refractivity (Wildman–Crippen MR) is 94.0 cm³/mol. The molecule has 5 heteroatoms. The average Bonchev–Trinajstić information content (AvgIpc) is 3.38. The molecular formula is C18H29N3O2. The molecule has 1 aliphatic carbocycles. The van der Waals surface area contributed by atoms with E-state index in [0.717, 1.165) is 49.5 Å². The predicted octanol–water partition coefficient (Wildman–Crippen LogP) is 2.57. The summed E-state index contributed by atoms with van der Waals surface area (Å²) in [5.41, 5.74) is 1.09. The molecule has 0 aromatic heterocycles. The Bertz CT molecular complexity index is 487. The molecule has 0 saturated heterocycles. The fourth-order valence-electron chi connectivity index (χ4n) is 2.21. The lowest BCUT2D eigenvalue weighted by atomic mass is 10.2. The number of nitrogens with one attached hydrogen (secondary N) is 2. The molecule has 0 spiro atoms. The van der Waals surface area contributed by atoms with E-state index in [9.17, 15) is 0 Å². The van der Waals surface area contributed by atoms with Gasteiger partial charge in [0.2, 0.25) is 0 Å². The minimum Gasteiger partial charge on any atom is -0.494 e. The van der Waals surface area contributed by atoms with Crippen molar-refractivity contribution in [2.45, 2.75) is 33.2 Å². The lowest BCUT2D eigenvalue weighted by Crippen LogP contribution is -2.39. The highest BCUT2D eigenvalue weighted by Gasteiger charge is 2.20. The largest absolute Gasteiger partial charge is 0.494 e. The van der Waals surface area contributed by atoms with Crippen LogP contribution in [0.5, 0.6) is 5.75 Å². The number of ether oxygens (including phenoxy) is 2. The Morgan fingerprint density at radius 3 is 2.78 bits per heavy atom. The van der Waals surface area contributed by atoms with Gasteiger partial charge in [0.25, 0.3) is 0 Å². The highest BCUT2D eigenvalue weighted by molar-refractivity contribution is 5.79. The maximum absolute atomic E-state index is 5.64. The van der Waals surface area contributed by atoms with Crippen molar-refractivity contribution in [3.8, 4) is 5.75 Å². The Hall–Kier alpha value is -1.75. The molecule has 0 atom stereocenters. The Labute approximate surface area is 139 Å². The molecule has 2 N–H and O–H groups in total. The third-order valence-electron chi connectivity index (χ3n) is 3.61. The SMILES string of the molecule is CCNC(=NCc1ccccc1OCC)NCCOCC1CC1. The second-order valence-corrected chi connectivity index (χ2v) is 5.68. The summed E-state index contributed by atoms with van der Waals surface area (Å²) >= 11 is 0. The molecular weight excluding hydrogens is 290 g/mol. The zero-order valence-corrected chi connectivity index (χ0v) is 14.3. The van der Waals surface area contributed by atoms with Crippen molar-refractivity contribution in [3.05, 3.63) is 29.8 Å². The maximum atomic E-state index is 5.64. The van der Waals surface area contributed by atoms with Gasteiger partial charge in [-0.15, -0.1) is 0 Å². The molecule has 0 aliphatic heterocycles. The van der Waals surface area contributed by atoms with Crippen molar-refractivity contribution < 1.29 is 9.47 Å². The second-order valence-electron chi connectivity index (χ2n) is 5.68. The average molecular weight is 319 g/mol. The smallest absolute Gasteiger partial charge is 0.191 e. The summed E-state index contributed by atoms with van der Waals surface area (Å²) in [6, 6.07) is 8.04. The van der Waals surface area contributed by atoms with Gasteiger partial charge in [-0.05, 0) is 38.7 Å². The van der Waals surface area contributed by atoms with Gasteiger partial charge in [0, 0.05) is 25.3 Å². The van der Waals surface area contributed by atoms with Crippen LogP contribution in [0.25, 0.3) is 0 Å². The molecule has 1 aliphatic rings. The van der Waals surface area contributed by atoms with Crippen molar-refractivity contribution in [1.29, 1.82) is 0 Å². The highest BCUT2D eigenvalue weighted by Crippen LogP contribution is 2.28. The molecule has 23 heavy (non-hydrogen) atoms. The van der Waals surface area contributed by atoms with Crippen molar-refractivity contribution in [3.63, 3.8) is 0 Å². The summed E-state index contributed by atoms with van der Waals surface area (Å²) in [6.45, 7) is 8.54. The fourth-order valence-corrected chi connectivity index (χ4v) is 2.21. The van der Waals surface area contributed by atoms with E-state index in [1.165, 1.54) is 12.8 Å². The number of hydrogen-bond acceptors (Lipinski definition) is 3. The second kappa shape index (κ2) is 10.1. The van der Waals surface area contributed by atoms with Crippen LogP contribution in [-0.2, 0) is 11.3 Å². The first-order valence-electron chi connectivity index (χ1n) is 8.64. The van der Waals surface area contributed by atoms with Crippen LogP contribution in [0.2, 0.25) is 0 Å². The topological polar surface area (TPSA) is 54.9 Å². The van der Waals surface area contributed by atoms with Crippen LogP contribution >= 0.6 is 0 Å². The molecule has 0 heterocycles. The molecule has 0 amide bonds. The fraction of sp³-hybridized carbons (Fsp3) is 0.611. The minimum absolute atomic E-state index is 0.592. The van der Waals surface area contributed by atoms with Gasteiger partial charge < -0.3 is 20.1 Å². The number of guanidine groups is 1. The van der Waals surface area contributed by atoms with E-state index in [0.29, 0.717) is 13.2 Å². The van der Waals surface area contributed by atoms with Crippen LogP contribution in [0.3, 0.4) is 0 Å². The van der Waals surface area contributed by atoms with Gasteiger partial charge in [0.05, 0.1) is 19.8 Å². The van der Waals surface area contributed by atoms with E-state index in [1.807, 2.05) is 25.1 Å². The van der Waals surface area contributed by atoms with Gasteiger partial charge in [0.15, 0.2) is 5.96 Å². The number of rotatable bonds is 10. The van der Waals surface area contributed by atoms with Gasteiger partial charge in [-0.1, -0.05) is 18.2 Å². The first-order chi connectivity index (χ1) is 11.3. The van der Waals surface area contributed by atoms with Crippen LogP contribution in [0.1, 0.15) is 32.3 Å². The summed E-state index contributed by atoms with van der Waals surface area (Å²) in [5, 5.41) is 6.57. The molecule has 0 bridgehead atoms. The zero-order valence-electron chi connectivity index (χ0n) is 14.3. The van der Waals surface area contributed by atoms with Gasteiger partial charge in [-0.2, -0.15) is 0 Å². The Morgan fingerprint density at radius 1 is 1.22 bits per heavy atom. The van der Waals surface area contributed by atoms with Crippen LogP contribution < -0.4 is 15.4 Å². The Balaban J connectivity index is 1.79. The standard InChI is InChI=1S/C18H29N3O2/c1-3-19-18(20-11-12-22-14-15-9-10-15)21-13-16-7-5-6-8-17(16)23-4-2/h5-8,15H,3-4,9-14H2,1-2H3,(H2,19,20,21). The first-order valence-corrected chi connectivity index (χ1v) is 8.64.